The Bertz CT molecular complexity index is 424. The number of rotatable bonds is 2. The lowest BCUT2D eigenvalue weighted by atomic mass is 10.2. The molecule has 2 rings (SSSR count). The molecule has 1 aliphatic heterocycles. The predicted molar refractivity (Wildman–Crippen MR) is 59.1 cm³/mol. The van der Waals surface area contributed by atoms with Crippen molar-refractivity contribution in [1.29, 1.82) is 0 Å². The summed E-state index contributed by atoms with van der Waals surface area (Å²) in [4.78, 5) is 13.1. The Morgan fingerprint density at radius 3 is 2.81 bits per heavy atom. The standard InChI is InChI=1S/C11H10BrF2NO/c12-8-4-11(16)15(6-8)5-7-3-9(13)1-2-10(7)14/h1-3,8H,4-6H2. The van der Waals surface area contributed by atoms with Crippen LogP contribution in [-0.2, 0) is 11.3 Å². The monoisotopic (exact) mass is 289 g/mol. The van der Waals surface area contributed by atoms with Gasteiger partial charge in [0.05, 0.1) is 0 Å². The Balaban J connectivity index is 2.15. The van der Waals surface area contributed by atoms with Gasteiger partial charge in [-0.05, 0) is 18.2 Å². The second-order valence-corrected chi connectivity index (χ2v) is 5.11. The lowest BCUT2D eigenvalue weighted by Crippen LogP contribution is -2.25. The summed E-state index contributed by atoms with van der Waals surface area (Å²) in [5.74, 6) is -1.00. The Morgan fingerprint density at radius 2 is 2.19 bits per heavy atom. The molecule has 0 bridgehead atoms. The van der Waals surface area contributed by atoms with Crippen LogP contribution < -0.4 is 0 Å². The molecule has 1 amide bonds. The molecule has 1 aromatic rings. The van der Waals surface area contributed by atoms with Gasteiger partial charge in [0.1, 0.15) is 11.6 Å². The van der Waals surface area contributed by atoms with Crippen LogP contribution >= 0.6 is 15.9 Å². The number of likely N-dealkylation sites (tertiary alicyclic amines) is 1. The lowest BCUT2D eigenvalue weighted by molar-refractivity contribution is -0.128. The molecular formula is C11H10BrF2NO. The molecule has 86 valence electrons. The number of alkyl halides is 1. The molecule has 0 saturated carbocycles. The van der Waals surface area contributed by atoms with Crippen LogP contribution in [0, 0.1) is 11.6 Å². The first-order valence-corrected chi connectivity index (χ1v) is 5.83. The van der Waals surface area contributed by atoms with Crippen LogP contribution in [0.25, 0.3) is 0 Å². The molecule has 0 spiro atoms. The number of hydrogen-bond acceptors (Lipinski definition) is 1. The smallest absolute Gasteiger partial charge is 0.224 e. The molecule has 1 aliphatic rings. The summed E-state index contributed by atoms with van der Waals surface area (Å²) >= 11 is 3.34. The first-order chi connectivity index (χ1) is 7.56. The van der Waals surface area contributed by atoms with E-state index >= 15 is 0 Å². The van der Waals surface area contributed by atoms with E-state index in [4.69, 9.17) is 0 Å². The number of amides is 1. The van der Waals surface area contributed by atoms with E-state index in [1.165, 1.54) is 4.90 Å². The van der Waals surface area contributed by atoms with Crippen LogP contribution in [-0.4, -0.2) is 22.2 Å². The van der Waals surface area contributed by atoms with Crippen LogP contribution in [0.4, 0.5) is 8.78 Å². The summed E-state index contributed by atoms with van der Waals surface area (Å²) in [5, 5.41) is 0. The number of carbonyl (C=O) groups excluding carboxylic acids is 1. The number of hydrogen-bond donors (Lipinski definition) is 0. The molecule has 16 heavy (non-hydrogen) atoms. The zero-order valence-electron chi connectivity index (χ0n) is 8.42. The second-order valence-electron chi connectivity index (χ2n) is 3.81. The van der Waals surface area contributed by atoms with Gasteiger partial charge in [-0.25, -0.2) is 8.78 Å². The van der Waals surface area contributed by atoms with Gasteiger partial charge < -0.3 is 4.90 Å². The summed E-state index contributed by atoms with van der Waals surface area (Å²) in [7, 11) is 0. The third-order valence-electron chi connectivity index (χ3n) is 2.54. The average Bonchev–Trinajstić information content (AvgIpc) is 2.51. The Morgan fingerprint density at radius 1 is 1.44 bits per heavy atom. The molecule has 0 aliphatic carbocycles. The van der Waals surface area contributed by atoms with Crippen LogP contribution in [0.2, 0.25) is 0 Å². The van der Waals surface area contributed by atoms with Crippen molar-refractivity contribution < 1.29 is 13.6 Å². The van der Waals surface area contributed by atoms with Crippen LogP contribution in [0.3, 0.4) is 0 Å². The van der Waals surface area contributed by atoms with Gasteiger partial charge in [-0.3, -0.25) is 4.79 Å². The van der Waals surface area contributed by atoms with Gasteiger partial charge in [-0.2, -0.15) is 0 Å². The van der Waals surface area contributed by atoms with Gasteiger partial charge in [0.25, 0.3) is 0 Å². The minimum Gasteiger partial charge on any atom is -0.337 e. The van der Waals surface area contributed by atoms with Crippen molar-refractivity contribution in [1.82, 2.24) is 4.90 Å². The fraction of sp³-hybridized carbons (Fsp3) is 0.364. The minimum absolute atomic E-state index is 0.0365. The zero-order valence-corrected chi connectivity index (χ0v) is 10.0. The van der Waals surface area contributed by atoms with E-state index in [0.29, 0.717) is 13.0 Å². The molecule has 0 aromatic heterocycles. The Kier molecular flexibility index (Phi) is 3.23. The van der Waals surface area contributed by atoms with E-state index in [1.54, 1.807) is 0 Å². The number of carbonyl (C=O) groups is 1. The maximum absolute atomic E-state index is 13.3. The molecule has 0 N–H and O–H groups in total. The molecule has 1 fully saturated rings. The van der Waals surface area contributed by atoms with Gasteiger partial charge >= 0.3 is 0 Å². The highest BCUT2D eigenvalue weighted by atomic mass is 79.9. The van der Waals surface area contributed by atoms with Gasteiger partial charge in [-0.15, -0.1) is 0 Å². The first kappa shape index (κ1) is 11.5. The van der Waals surface area contributed by atoms with E-state index in [-0.39, 0.29) is 22.8 Å². The first-order valence-electron chi connectivity index (χ1n) is 4.92. The zero-order chi connectivity index (χ0) is 11.7. The minimum atomic E-state index is -0.488. The maximum Gasteiger partial charge on any atom is 0.224 e. The number of nitrogens with zero attached hydrogens (tertiary/aromatic N) is 1. The molecular weight excluding hydrogens is 280 g/mol. The fourth-order valence-corrected chi connectivity index (χ4v) is 2.37. The highest BCUT2D eigenvalue weighted by Crippen LogP contribution is 2.21. The van der Waals surface area contributed by atoms with E-state index < -0.39 is 11.6 Å². The topological polar surface area (TPSA) is 20.3 Å². The summed E-state index contributed by atoms with van der Waals surface area (Å²) in [6, 6.07) is 3.28. The summed E-state index contributed by atoms with van der Waals surface area (Å²) in [5.41, 5.74) is 0.218. The van der Waals surface area contributed by atoms with Crippen molar-refractivity contribution in [2.45, 2.75) is 17.8 Å². The van der Waals surface area contributed by atoms with Crippen molar-refractivity contribution in [3.63, 3.8) is 0 Å². The summed E-state index contributed by atoms with van der Waals surface area (Å²) in [6.07, 6.45) is 0.414. The molecule has 0 radical (unpaired) electrons. The molecule has 1 aromatic carbocycles. The van der Waals surface area contributed by atoms with E-state index in [9.17, 15) is 13.6 Å². The van der Waals surface area contributed by atoms with Gasteiger partial charge in [0, 0.05) is 29.9 Å². The third kappa shape index (κ3) is 2.40. The lowest BCUT2D eigenvalue weighted by Gasteiger charge is -2.16. The van der Waals surface area contributed by atoms with Crippen molar-refractivity contribution in [3.05, 3.63) is 35.4 Å². The SMILES string of the molecule is O=C1CC(Br)CN1Cc1cc(F)ccc1F. The third-order valence-corrected chi connectivity index (χ3v) is 3.15. The molecule has 1 unspecified atom stereocenters. The molecule has 5 heteroatoms. The van der Waals surface area contributed by atoms with Gasteiger partial charge in [0.15, 0.2) is 0 Å². The Hall–Kier alpha value is -0.970. The van der Waals surface area contributed by atoms with Crippen LogP contribution in [0.15, 0.2) is 18.2 Å². The van der Waals surface area contributed by atoms with E-state index in [1.807, 2.05) is 0 Å². The van der Waals surface area contributed by atoms with E-state index in [2.05, 4.69) is 15.9 Å². The second kappa shape index (κ2) is 4.49. The van der Waals surface area contributed by atoms with Crippen molar-refractivity contribution >= 4 is 21.8 Å². The summed E-state index contributed by atoms with van der Waals surface area (Å²) in [6.45, 7) is 0.666. The largest absolute Gasteiger partial charge is 0.337 e. The fourth-order valence-electron chi connectivity index (χ4n) is 1.75. The average molecular weight is 290 g/mol. The van der Waals surface area contributed by atoms with E-state index in [0.717, 1.165) is 18.2 Å². The Labute approximate surface area is 100 Å². The van der Waals surface area contributed by atoms with Gasteiger partial charge in [-0.1, -0.05) is 15.9 Å². The van der Waals surface area contributed by atoms with Crippen LogP contribution in [0.1, 0.15) is 12.0 Å². The predicted octanol–water partition coefficient (Wildman–Crippen LogP) is 2.46. The molecule has 2 nitrogen and oxygen atoms in total. The maximum atomic E-state index is 13.3. The summed E-state index contributed by atoms with van der Waals surface area (Å²) < 4.78 is 26.2. The van der Waals surface area contributed by atoms with Crippen LogP contribution in [0.5, 0.6) is 0 Å². The van der Waals surface area contributed by atoms with Crippen molar-refractivity contribution in [2.75, 3.05) is 6.54 Å². The molecule has 1 saturated heterocycles. The molecule has 1 heterocycles. The van der Waals surface area contributed by atoms with Crippen molar-refractivity contribution in [3.8, 4) is 0 Å². The highest BCUT2D eigenvalue weighted by Gasteiger charge is 2.28. The number of halogens is 3. The van der Waals surface area contributed by atoms with Gasteiger partial charge in [0.2, 0.25) is 5.91 Å². The number of benzene rings is 1. The van der Waals surface area contributed by atoms with Crippen molar-refractivity contribution in [2.24, 2.45) is 0 Å². The normalized spacial score (nSPS) is 20.6. The molecule has 1 atom stereocenters. The highest BCUT2D eigenvalue weighted by molar-refractivity contribution is 9.09. The quantitative estimate of drug-likeness (QED) is 0.766.